The molecule has 1 amide bonds. The summed E-state index contributed by atoms with van der Waals surface area (Å²) in [5.41, 5.74) is 3.68. The Labute approximate surface area is 155 Å². The van der Waals surface area contributed by atoms with E-state index >= 15 is 0 Å². The molecule has 0 aliphatic heterocycles. The zero-order valence-corrected chi connectivity index (χ0v) is 15.4. The maximum absolute atomic E-state index is 12.9. The van der Waals surface area contributed by atoms with E-state index in [1.165, 1.54) is 4.68 Å². The van der Waals surface area contributed by atoms with Gasteiger partial charge in [-0.15, -0.1) is 0 Å². The molecule has 1 aromatic carbocycles. The summed E-state index contributed by atoms with van der Waals surface area (Å²) in [4.78, 5) is 25.4. The Morgan fingerprint density at radius 2 is 1.93 bits per heavy atom. The zero-order chi connectivity index (χ0) is 19.1. The number of benzene rings is 1. The van der Waals surface area contributed by atoms with Gasteiger partial charge < -0.3 is 9.73 Å². The van der Waals surface area contributed by atoms with E-state index in [9.17, 15) is 9.59 Å². The number of fused-ring (bicyclic) bond motifs is 3. The Kier molecular flexibility index (Phi) is 4.07. The Morgan fingerprint density at radius 1 is 1.19 bits per heavy atom. The van der Waals surface area contributed by atoms with Crippen molar-refractivity contribution in [3.8, 4) is 0 Å². The smallest absolute Gasteiger partial charge is 0.291 e. The molecule has 3 aromatic heterocycles. The van der Waals surface area contributed by atoms with Gasteiger partial charge in [-0.05, 0) is 26.3 Å². The quantitative estimate of drug-likeness (QED) is 0.604. The van der Waals surface area contributed by atoms with E-state index in [-0.39, 0.29) is 11.5 Å². The molecule has 0 aliphatic carbocycles. The largest absolute Gasteiger partial charge is 0.463 e. The van der Waals surface area contributed by atoms with E-state index in [2.05, 4.69) is 10.4 Å². The predicted octanol–water partition coefficient (Wildman–Crippen LogP) is 2.74. The summed E-state index contributed by atoms with van der Waals surface area (Å²) in [6.45, 7) is 5.88. The zero-order valence-electron chi connectivity index (χ0n) is 15.4. The number of hydrogen-bond donors (Lipinski definition) is 1. The number of furan rings is 1. The normalized spacial score (nSPS) is 12.6. The average molecular weight is 364 g/mol. The molecular weight excluding hydrogens is 344 g/mol. The van der Waals surface area contributed by atoms with Crippen molar-refractivity contribution in [3.05, 3.63) is 70.0 Å². The van der Waals surface area contributed by atoms with Crippen LogP contribution >= 0.6 is 0 Å². The van der Waals surface area contributed by atoms with E-state index in [4.69, 9.17) is 4.42 Å². The standard InChI is InChI=1S/C20H20N4O3/c1-12-4-6-15(7-5-12)11-21-19(25)13(2)24-20(26)17-10-18-16(8-9-27-18)23(17)14(3)22-24/h4-10,13H,11H2,1-3H3,(H,21,25). The van der Waals surface area contributed by atoms with Crippen LogP contribution in [0.25, 0.3) is 16.6 Å². The molecular formula is C20H20N4O3. The summed E-state index contributed by atoms with van der Waals surface area (Å²) in [6.07, 6.45) is 1.57. The molecule has 0 saturated carbocycles. The Bertz CT molecular complexity index is 1200. The van der Waals surface area contributed by atoms with Crippen LogP contribution in [0.15, 0.2) is 51.9 Å². The first-order valence-electron chi connectivity index (χ1n) is 8.77. The number of amides is 1. The lowest BCUT2D eigenvalue weighted by Gasteiger charge is -2.15. The fraction of sp³-hybridized carbons (Fsp3) is 0.250. The third-order valence-electron chi connectivity index (χ3n) is 4.76. The van der Waals surface area contributed by atoms with E-state index in [0.29, 0.717) is 23.5 Å². The van der Waals surface area contributed by atoms with Crippen molar-refractivity contribution in [2.45, 2.75) is 33.4 Å². The highest BCUT2D eigenvalue weighted by Crippen LogP contribution is 2.20. The van der Waals surface area contributed by atoms with Gasteiger partial charge in [-0.3, -0.25) is 14.0 Å². The number of hydrogen-bond acceptors (Lipinski definition) is 4. The summed E-state index contributed by atoms with van der Waals surface area (Å²) in [5.74, 6) is 0.350. The first kappa shape index (κ1) is 17.1. The number of aromatic nitrogens is 3. The number of carbonyl (C=O) groups is 1. The molecule has 7 nitrogen and oxygen atoms in total. The predicted molar refractivity (Wildman–Crippen MR) is 102 cm³/mol. The van der Waals surface area contributed by atoms with Gasteiger partial charge in [0.1, 0.15) is 17.4 Å². The van der Waals surface area contributed by atoms with Crippen molar-refractivity contribution in [2.75, 3.05) is 0 Å². The second-order valence-electron chi connectivity index (χ2n) is 6.71. The van der Waals surface area contributed by atoms with Crippen LogP contribution in [-0.4, -0.2) is 20.1 Å². The number of aryl methyl sites for hydroxylation is 2. The first-order valence-corrected chi connectivity index (χ1v) is 8.77. The van der Waals surface area contributed by atoms with Crippen molar-refractivity contribution < 1.29 is 9.21 Å². The highest BCUT2D eigenvalue weighted by molar-refractivity contribution is 5.83. The second-order valence-corrected chi connectivity index (χ2v) is 6.71. The molecule has 1 N–H and O–H groups in total. The fourth-order valence-electron chi connectivity index (χ4n) is 3.21. The SMILES string of the molecule is Cc1ccc(CNC(=O)C(C)n2nc(C)n3c(cc4occc43)c2=O)cc1. The summed E-state index contributed by atoms with van der Waals surface area (Å²) < 4.78 is 8.36. The van der Waals surface area contributed by atoms with Gasteiger partial charge in [-0.1, -0.05) is 29.8 Å². The molecule has 0 saturated heterocycles. The Morgan fingerprint density at radius 3 is 2.67 bits per heavy atom. The van der Waals surface area contributed by atoms with Crippen LogP contribution in [0.2, 0.25) is 0 Å². The number of carbonyl (C=O) groups excluding carboxylic acids is 1. The molecule has 4 aromatic rings. The van der Waals surface area contributed by atoms with Gasteiger partial charge in [-0.2, -0.15) is 5.10 Å². The molecule has 7 heteroatoms. The molecule has 0 aliphatic rings. The van der Waals surface area contributed by atoms with Crippen LogP contribution in [0, 0.1) is 13.8 Å². The molecule has 138 valence electrons. The minimum atomic E-state index is -0.729. The van der Waals surface area contributed by atoms with Gasteiger partial charge in [0.25, 0.3) is 5.56 Å². The van der Waals surface area contributed by atoms with Gasteiger partial charge in [0.05, 0.1) is 11.8 Å². The van der Waals surface area contributed by atoms with E-state index in [1.807, 2.05) is 31.2 Å². The fourth-order valence-corrected chi connectivity index (χ4v) is 3.21. The third-order valence-corrected chi connectivity index (χ3v) is 4.76. The van der Waals surface area contributed by atoms with Crippen molar-refractivity contribution in [1.82, 2.24) is 19.5 Å². The molecule has 0 fully saturated rings. The molecule has 27 heavy (non-hydrogen) atoms. The maximum atomic E-state index is 12.9. The molecule has 3 heterocycles. The molecule has 1 atom stereocenters. The van der Waals surface area contributed by atoms with Crippen molar-refractivity contribution >= 4 is 22.5 Å². The minimum Gasteiger partial charge on any atom is -0.463 e. The molecule has 4 rings (SSSR count). The van der Waals surface area contributed by atoms with Crippen molar-refractivity contribution in [2.24, 2.45) is 0 Å². The molecule has 1 unspecified atom stereocenters. The number of rotatable bonds is 4. The van der Waals surface area contributed by atoms with Crippen LogP contribution in [0.3, 0.4) is 0 Å². The first-order chi connectivity index (χ1) is 13.0. The van der Waals surface area contributed by atoms with Crippen LogP contribution in [0.4, 0.5) is 0 Å². The Balaban J connectivity index is 1.62. The van der Waals surface area contributed by atoms with Gasteiger partial charge in [0.2, 0.25) is 5.91 Å². The van der Waals surface area contributed by atoms with Gasteiger partial charge in [0, 0.05) is 18.7 Å². The lowest BCUT2D eigenvalue weighted by Crippen LogP contribution is -2.38. The summed E-state index contributed by atoms with van der Waals surface area (Å²) >= 11 is 0. The minimum absolute atomic E-state index is 0.260. The average Bonchev–Trinajstić information content (AvgIpc) is 3.24. The van der Waals surface area contributed by atoms with Crippen LogP contribution in [-0.2, 0) is 11.3 Å². The van der Waals surface area contributed by atoms with E-state index in [0.717, 1.165) is 16.6 Å². The highest BCUT2D eigenvalue weighted by Gasteiger charge is 2.21. The van der Waals surface area contributed by atoms with Crippen molar-refractivity contribution in [3.63, 3.8) is 0 Å². The number of nitrogens with zero attached hydrogens (tertiary/aromatic N) is 3. The van der Waals surface area contributed by atoms with Crippen LogP contribution < -0.4 is 10.9 Å². The van der Waals surface area contributed by atoms with Gasteiger partial charge in [0.15, 0.2) is 5.58 Å². The van der Waals surface area contributed by atoms with E-state index < -0.39 is 6.04 Å². The Hall–Kier alpha value is -3.35. The van der Waals surface area contributed by atoms with Crippen LogP contribution in [0.1, 0.15) is 29.9 Å². The van der Waals surface area contributed by atoms with Gasteiger partial charge >= 0.3 is 0 Å². The summed E-state index contributed by atoms with van der Waals surface area (Å²) in [5, 5.41) is 7.22. The van der Waals surface area contributed by atoms with E-state index in [1.54, 1.807) is 36.6 Å². The van der Waals surface area contributed by atoms with Crippen molar-refractivity contribution in [1.29, 1.82) is 0 Å². The van der Waals surface area contributed by atoms with Crippen LogP contribution in [0.5, 0.6) is 0 Å². The molecule has 0 bridgehead atoms. The summed E-state index contributed by atoms with van der Waals surface area (Å²) in [6, 6.07) is 10.7. The summed E-state index contributed by atoms with van der Waals surface area (Å²) in [7, 11) is 0. The number of nitrogens with one attached hydrogen (secondary N) is 1. The monoisotopic (exact) mass is 364 g/mol. The maximum Gasteiger partial charge on any atom is 0.291 e. The topological polar surface area (TPSA) is 81.5 Å². The third kappa shape index (κ3) is 2.91. The van der Waals surface area contributed by atoms with Gasteiger partial charge in [-0.25, -0.2) is 4.68 Å². The second kappa shape index (κ2) is 6.42. The lowest BCUT2D eigenvalue weighted by molar-refractivity contribution is -0.124. The lowest BCUT2D eigenvalue weighted by atomic mass is 10.1. The molecule has 0 spiro atoms. The highest BCUT2D eigenvalue weighted by atomic mass is 16.3. The molecule has 0 radical (unpaired) electrons.